The molecule has 0 fully saturated rings. The van der Waals surface area contributed by atoms with Gasteiger partial charge in [-0.2, -0.15) is 0 Å². The summed E-state index contributed by atoms with van der Waals surface area (Å²) in [6.07, 6.45) is 30.4. The van der Waals surface area contributed by atoms with E-state index in [1.807, 2.05) is 0 Å². The predicted molar refractivity (Wildman–Crippen MR) is 191 cm³/mol. The number of hydrogen-bond donors (Lipinski definition) is 0. The highest BCUT2D eigenvalue weighted by molar-refractivity contribution is 7.95. The van der Waals surface area contributed by atoms with Gasteiger partial charge in [-0.15, -0.1) is 0 Å². The van der Waals surface area contributed by atoms with Gasteiger partial charge in [-0.1, -0.05) is 142 Å². The molecule has 0 aliphatic carbocycles. The second-order valence-corrected chi connectivity index (χ2v) is 16.8. The average Bonchev–Trinajstić information content (AvgIpc) is 3.02. The smallest absolute Gasteiger partial charge is 0.306 e. The van der Waals surface area contributed by atoms with Gasteiger partial charge in [0.25, 0.3) is 7.82 Å². The van der Waals surface area contributed by atoms with Crippen LogP contribution >= 0.6 is 7.82 Å². The number of phosphoric acid groups is 1. The fourth-order valence-corrected chi connectivity index (χ4v) is 6.69. The molecule has 10 heteroatoms. The van der Waals surface area contributed by atoms with Gasteiger partial charge in [0.15, 0.2) is 6.10 Å². The molecule has 1 unspecified atom stereocenters. The van der Waals surface area contributed by atoms with Crippen LogP contribution < -0.4 is 4.89 Å². The van der Waals surface area contributed by atoms with Gasteiger partial charge >= 0.3 is 11.9 Å². The second kappa shape index (κ2) is 32.9. The molecule has 0 aliphatic heterocycles. The van der Waals surface area contributed by atoms with Crippen LogP contribution in [0.1, 0.15) is 174 Å². The Morgan fingerprint density at radius 3 is 1.43 bits per heavy atom. The molecule has 0 aromatic carbocycles. The molecule has 0 radical (unpaired) electrons. The van der Waals surface area contributed by atoms with E-state index in [4.69, 9.17) is 18.5 Å². The molecule has 8 nitrogen and oxygen atoms in total. The van der Waals surface area contributed by atoms with Crippen LogP contribution in [0.2, 0.25) is 0 Å². The number of esters is 2. The molecule has 46 heavy (non-hydrogen) atoms. The summed E-state index contributed by atoms with van der Waals surface area (Å²) in [4.78, 5) is 37.2. The van der Waals surface area contributed by atoms with Crippen LogP contribution in [-0.4, -0.2) is 56.1 Å². The molecule has 274 valence electrons. The molecular formula is C36H71O8PS. The van der Waals surface area contributed by atoms with E-state index in [1.165, 1.54) is 103 Å². The largest absolute Gasteiger partial charge is 0.756 e. The first-order valence-electron chi connectivity index (χ1n) is 18.7. The predicted octanol–water partition coefficient (Wildman–Crippen LogP) is 9.61. The summed E-state index contributed by atoms with van der Waals surface area (Å²) in [5.74, 6) is 0.0536. The molecule has 0 amide bonds. The van der Waals surface area contributed by atoms with Crippen molar-refractivity contribution < 1.29 is 37.6 Å². The third kappa shape index (κ3) is 33.3. The molecule has 0 saturated heterocycles. The van der Waals surface area contributed by atoms with Crippen molar-refractivity contribution in [3.63, 3.8) is 0 Å². The third-order valence-electron chi connectivity index (χ3n) is 8.06. The highest BCUT2D eigenvalue weighted by atomic mass is 32.2. The summed E-state index contributed by atoms with van der Waals surface area (Å²) in [5, 5.41) is 0. The first-order chi connectivity index (χ1) is 22.2. The van der Waals surface area contributed by atoms with Crippen LogP contribution in [0.4, 0.5) is 0 Å². The van der Waals surface area contributed by atoms with Gasteiger partial charge in [0.05, 0.1) is 25.7 Å². The van der Waals surface area contributed by atoms with Gasteiger partial charge in [0, 0.05) is 19.3 Å². The summed E-state index contributed by atoms with van der Waals surface area (Å²) in [7, 11) is -4.37. The molecule has 0 heterocycles. The van der Waals surface area contributed by atoms with Crippen LogP contribution in [0.25, 0.3) is 0 Å². The van der Waals surface area contributed by atoms with Crippen LogP contribution in [0.3, 0.4) is 0 Å². The van der Waals surface area contributed by atoms with Crippen molar-refractivity contribution in [1.82, 2.24) is 0 Å². The lowest BCUT2D eigenvalue weighted by Gasteiger charge is -2.25. The number of ether oxygens (including phenoxy) is 2. The molecule has 0 aromatic heterocycles. The second-order valence-electron chi connectivity index (χ2n) is 13.0. The fraction of sp³-hybridized carbons (Fsp3) is 0.944. The molecule has 0 N–H and O–H groups in total. The lowest BCUT2D eigenvalue weighted by molar-refractivity contribution is -0.228. The minimum absolute atomic E-state index is 0.0449. The Labute approximate surface area is 286 Å². The topological polar surface area (TPSA) is 111 Å². The Kier molecular flexibility index (Phi) is 32.5. The van der Waals surface area contributed by atoms with Crippen molar-refractivity contribution in [3.05, 3.63) is 0 Å². The maximum atomic E-state index is 12.5. The SMILES string of the molecule is CCCCCCCCCCCCCC(=O)OC[C@H](COP(=O)([O-])OCCC[S+](C)C)OC(=O)CCCCCCCCCCCCC. The summed E-state index contributed by atoms with van der Waals surface area (Å²) in [5.41, 5.74) is 0. The molecule has 0 spiro atoms. The number of carbonyl (C=O) groups excluding carboxylic acids is 2. The number of rotatable bonds is 35. The van der Waals surface area contributed by atoms with E-state index in [-0.39, 0.29) is 42.9 Å². The Bertz CT molecular complexity index is 752. The lowest BCUT2D eigenvalue weighted by Crippen LogP contribution is -2.30. The van der Waals surface area contributed by atoms with Gasteiger partial charge in [-0.3, -0.25) is 14.2 Å². The van der Waals surface area contributed by atoms with E-state index >= 15 is 0 Å². The molecule has 0 aliphatic rings. The Hall–Kier alpha value is -0.600. The Morgan fingerprint density at radius 2 is 1.00 bits per heavy atom. The first kappa shape index (κ1) is 45.4. The van der Waals surface area contributed by atoms with Gasteiger partial charge < -0.3 is 23.4 Å². The van der Waals surface area contributed by atoms with Gasteiger partial charge in [0.1, 0.15) is 12.4 Å². The maximum Gasteiger partial charge on any atom is 0.306 e. The maximum absolute atomic E-state index is 12.5. The molecule has 2 atom stereocenters. The number of phosphoric ester groups is 1. The molecule has 0 aromatic rings. The van der Waals surface area contributed by atoms with Crippen molar-refractivity contribution in [2.75, 3.05) is 38.1 Å². The monoisotopic (exact) mass is 694 g/mol. The van der Waals surface area contributed by atoms with E-state index in [0.29, 0.717) is 12.8 Å². The molecule has 0 saturated carbocycles. The lowest BCUT2D eigenvalue weighted by atomic mass is 10.1. The van der Waals surface area contributed by atoms with Crippen molar-refractivity contribution >= 4 is 30.7 Å². The number of hydrogen-bond acceptors (Lipinski definition) is 8. The van der Waals surface area contributed by atoms with Crippen LogP contribution in [0.15, 0.2) is 0 Å². The fourth-order valence-electron chi connectivity index (χ4n) is 5.22. The minimum Gasteiger partial charge on any atom is -0.756 e. The van der Waals surface area contributed by atoms with Crippen LogP contribution in [0, 0.1) is 0 Å². The summed E-state index contributed by atoms with van der Waals surface area (Å²) < 4.78 is 33.1. The van der Waals surface area contributed by atoms with Gasteiger partial charge in [-0.05, 0) is 23.7 Å². The molecule has 0 bridgehead atoms. The highest BCUT2D eigenvalue weighted by Crippen LogP contribution is 2.38. The van der Waals surface area contributed by atoms with Crippen molar-refractivity contribution in [2.24, 2.45) is 0 Å². The zero-order chi connectivity index (χ0) is 34.1. The standard InChI is InChI=1S/C36H71O8PS/c1-5-7-9-11-13-15-17-19-21-23-25-28-35(37)41-32-34(33-43-45(39,40)42-30-27-31-46(3)4)44-36(38)29-26-24-22-20-18-16-14-12-10-8-6-2/h34H,5-33H2,1-4H3/t34-/m1/s1. The Balaban J connectivity index is 4.41. The van der Waals surface area contributed by atoms with E-state index in [2.05, 4.69) is 26.4 Å². The first-order valence-corrected chi connectivity index (χ1v) is 22.4. The van der Waals surface area contributed by atoms with Gasteiger partial charge in [0.2, 0.25) is 0 Å². The molecule has 0 rings (SSSR count). The van der Waals surface area contributed by atoms with Crippen LogP contribution in [0.5, 0.6) is 0 Å². The van der Waals surface area contributed by atoms with Crippen LogP contribution in [-0.2, 0) is 43.6 Å². The summed E-state index contributed by atoms with van der Waals surface area (Å²) >= 11 is 0. The zero-order valence-electron chi connectivity index (χ0n) is 30.2. The minimum atomic E-state index is -4.57. The number of carbonyl (C=O) groups is 2. The van der Waals surface area contributed by atoms with Crippen molar-refractivity contribution in [3.8, 4) is 0 Å². The van der Waals surface area contributed by atoms with E-state index in [9.17, 15) is 19.0 Å². The quantitative estimate of drug-likeness (QED) is 0.0279. The summed E-state index contributed by atoms with van der Waals surface area (Å²) in [6, 6.07) is 0. The van der Waals surface area contributed by atoms with Crippen molar-refractivity contribution in [1.29, 1.82) is 0 Å². The highest BCUT2D eigenvalue weighted by Gasteiger charge is 2.21. The van der Waals surface area contributed by atoms with Gasteiger partial charge in [-0.25, -0.2) is 0 Å². The average molecular weight is 695 g/mol. The normalized spacial score (nSPS) is 13.5. The van der Waals surface area contributed by atoms with E-state index in [0.717, 1.165) is 37.9 Å². The molecular weight excluding hydrogens is 623 g/mol. The summed E-state index contributed by atoms with van der Waals surface area (Å²) in [6.45, 7) is 3.83. The Morgan fingerprint density at radius 1 is 0.587 bits per heavy atom. The van der Waals surface area contributed by atoms with E-state index in [1.54, 1.807) is 0 Å². The third-order valence-corrected chi connectivity index (χ3v) is 10.1. The van der Waals surface area contributed by atoms with Crippen molar-refractivity contribution in [2.45, 2.75) is 180 Å². The number of unbranched alkanes of at least 4 members (excludes halogenated alkanes) is 20. The zero-order valence-corrected chi connectivity index (χ0v) is 31.9. The van der Waals surface area contributed by atoms with E-state index < -0.39 is 26.5 Å².